The molecule has 0 bridgehead atoms. The van der Waals surface area contributed by atoms with Gasteiger partial charge in [0.1, 0.15) is 18.1 Å². The molecule has 2 N–H and O–H groups in total. The molecule has 0 aliphatic heterocycles. The molecule has 0 atom stereocenters. The zero-order valence-corrected chi connectivity index (χ0v) is 17.2. The van der Waals surface area contributed by atoms with Crippen molar-refractivity contribution in [2.45, 2.75) is 13.2 Å². The number of rotatable bonds is 8. The van der Waals surface area contributed by atoms with E-state index in [9.17, 15) is 9.59 Å². The fourth-order valence-corrected chi connectivity index (χ4v) is 3.37. The lowest BCUT2D eigenvalue weighted by Gasteiger charge is -2.11. The average molecular weight is 433 g/mol. The number of ether oxygens (including phenoxy) is 1. The largest absolute Gasteiger partial charge is 0.487 e. The molecular weight excluding hydrogens is 414 g/mol. The Morgan fingerprint density at radius 3 is 2.58 bits per heavy atom. The lowest BCUT2D eigenvalue weighted by atomic mass is 10.1. The molecule has 2 aromatic carbocycles. The summed E-state index contributed by atoms with van der Waals surface area (Å²) < 4.78 is 10.9. The van der Waals surface area contributed by atoms with Crippen LogP contribution in [0.2, 0.25) is 0 Å². The molecule has 0 aliphatic rings. The molecule has 31 heavy (non-hydrogen) atoms. The van der Waals surface area contributed by atoms with E-state index < -0.39 is 0 Å². The van der Waals surface area contributed by atoms with Gasteiger partial charge in [-0.25, -0.2) is 4.98 Å². The van der Waals surface area contributed by atoms with E-state index in [0.29, 0.717) is 34.9 Å². The van der Waals surface area contributed by atoms with E-state index in [4.69, 9.17) is 9.15 Å². The van der Waals surface area contributed by atoms with Crippen LogP contribution >= 0.6 is 11.3 Å². The minimum Gasteiger partial charge on any atom is -0.487 e. The molecule has 2 aromatic heterocycles. The maximum absolute atomic E-state index is 12.7. The monoisotopic (exact) mass is 433 g/mol. The number of nitrogens with zero attached hydrogens (tertiary/aromatic N) is 1. The predicted octanol–water partition coefficient (Wildman–Crippen LogP) is 4.50. The topological polar surface area (TPSA) is 93.5 Å². The fourth-order valence-electron chi connectivity index (χ4n) is 2.83. The molecule has 8 heteroatoms. The lowest BCUT2D eigenvalue weighted by Crippen LogP contribution is -2.24. The summed E-state index contributed by atoms with van der Waals surface area (Å²) in [7, 11) is 0. The van der Waals surface area contributed by atoms with Gasteiger partial charge in [-0.2, -0.15) is 0 Å². The first-order valence-corrected chi connectivity index (χ1v) is 10.4. The highest BCUT2D eigenvalue weighted by atomic mass is 32.1. The van der Waals surface area contributed by atoms with Crippen molar-refractivity contribution in [1.29, 1.82) is 0 Å². The van der Waals surface area contributed by atoms with Gasteiger partial charge in [-0.15, -0.1) is 11.3 Å². The average Bonchev–Trinajstić information content (AvgIpc) is 3.51. The molecule has 4 aromatic rings. The standard InChI is InChI=1S/C23H19N3O4S/c27-22(16-7-9-18(10-8-16)30-13-17-14-31-15-25-17)26-21-6-2-1-5-20(21)23(28)24-12-19-4-3-11-29-19/h1-11,14-15H,12-13H2,(H,24,28)(H,26,27). The van der Waals surface area contributed by atoms with Crippen LogP contribution in [0.3, 0.4) is 0 Å². The maximum Gasteiger partial charge on any atom is 0.255 e. The molecule has 0 saturated carbocycles. The summed E-state index contributed by atoms with van der Waals surface area (Å²) >= 11 is 1.51. The molecule has 0 saturated heterocycles. The summed E-state index contributed by atoms with van der Waals surface area (Å²) in [6.07, 6.45) is 1.55. The van der Waals surface area contributed by atoms with Crippen LogP contribution in [-0.4, -0.2) is 16.8 Å². The van der Waals surface area contributed by atoms with Crippen molar-refractivity contribution >= 4 is 28.8 Å². The number of hydrogen-bond acceptors (Lipinski definition) is 6. The third-order valence-electron chi connectivity index (χ3n) is 4.41. The summed E-state index contributed by atoms with van der Waals surface area (Å²) in [5.74, 6) is 0.657. The number of carbonyl (C=O) groups excluding carboxylic acids is 2. The van der Waals surface area contributed by atoms with Crippen LogP contribution in [0.4, 0.5) is 5.69 Å². The Labute approximate surface area is 182 Å². The van der Waals surface area contributed by atoms with Gasteiger partial charge in [-0.05, 0) is 48.5 Å². The molecule has 0 fully saturated rings. The molecular formula is C23H19N3O4S. The van der Waals surface area contributed by atoms with Gasteiger partial charge in [0, 0.05) is 10.9 Å². The highest BCUT2D eigenvalue weighted by Gasteiger charge is 2.14. The smallest absolute Gasteiger partial charge is 0.255 e. The summed E-state index contributed by atoms with van der Waals surface area (Å²) in [6, 6.07) is 17.2. The van der Waals surface area contributed by atoms with E-state index in [0.717, 1.165) is 5.69 Å². The summed E-state index contributed by atoms with van der Waals surface area (Å²) in [5.41, 5.74) is 3.85. The van der Waals surface area contributed by atoms with Crippen LogP contribution in [0.15, 0.2) is 82.2 Å². The second kappa shape index (κ2) is 9.73. The van der Waals surface area contributed by atoms with Crippen LogP contribution in [0.5, 0.6) is 5.75 Å². The second-order valence-corrected chi connectivity index (χ2v) is 7.27. The van der Waals surface area contributed by atoms with Gasteiger partial charge in [0.2, 0.25) is 0 Å². The fraction of sp³-hybridized carbons (Fsp3) is 0.0870. The van der Waals surface area contributed by atoms with Crippen LogP contribution in [-0.2, 0) is 13.2 Å². The number of furan rings is 1. The zero-order chi connectivity index (χ0) is 21.5. The van der Waals surface area contributed by atoms with E-state index in [1.165, 1.54) is 11.3 Å². The number of hydrogen-bond donors (Lipinski definition) is 2. The van der Waals surface area contributed by atoms with Gasteiger partial charge in [0.05, 0.1) is 35.3 Å². The third kappa shape index (κ3) is 5.37. The molecule has 0 spiro atoms. The first-order chi connectivity index (χ1) is 15.2. The Hall–Kier alpha value is -3.91. The van der Waals surface area contributed by atoms with Crippen molar-refractivity contribution in [3.05, 3.63) is 100 Å². The number of benzene rings is 2. The first-order valence-electron chi connectivity index (χ1n) is 9.50. The van der Waals surface area contributed by atoms with Crippen LogP contribution in [0, 0.1) is 0 Å². The molecule has 4 rings (SSSR count). The van der Waals surface area contributed by atoms with Crippen LogP contribution < -0.4 is 15.4 Å². The number of para-hydroxylation sites is 1. The predicted molar refractivity (Wildman–Crippen MR) is 117 cm³/mol. The van der Waals surface area contributed by atoms with Gasteiger partial charge in [0.15, 0.2) is 0 Å². The minimum atomic E-state index is -0.322. The Morgan fingerprint density at radius 1 is 1.00 bits per heavy atom. The second-order valence-electron chi connectivity index (χ2n) is 6.55. The van der Waals surface area contributed by atoms with E-state index in [-0.39, 0.29) is 18.4 Å². The molecule has 2 heterocycles. The normalized spacial score (nSPS) is 10.5. The zero-order valence-electron chi connectivity index (χ0n) is 16.4. The minimum absolute atomic E-state index is 0.260. The Balaban J connectivity index is 1.38. The summed E-state index contributed by atoms with van der Waals surface area (Å²) in [6.45, 7) is 0.631. The van der Waals surface area contributed by atoms with E-state index >= 15 is 0 Å². The molecule has 7 nitrogen and oxygen atoms in total. The number of nitrogens with one attached hydrogen (secondary N) is 2. The Kier molecular flexibility index (Phi) is 6.39. The van der Waals surface area contributed by atoms with Crippen LogP contribution in [0.25, 0.3) is 0 Å². The first kappa shape index (κ1) is 20.4. The van der Waals surface area contributed by atoms with E-state index in [1.54, 1.807) is 72.4 Å². The van der Waals surface area contributed by atoms with Gasteiger partial charge >= 0.3 is 0 Å². The summed E-state index contributed by atoms with van der Waals surface area (Å²) in [5, 5.41) is 7.51. The highest BCUT2D eigenvalue weighted by molar-refractivity contribution is 7.07. The van der Waals surface area contributed by atoms with Gasteiger partial charge in [-0.1, -0.05) is 12.1 Å². The number of amides is 2. The van der Waals surface area contributed by atoms with Crippen LogP contribution in [0.1, 0.15) is 32.2 Å². The molecule has 2 amide bonds. The highest BCUT2D eigenvalue weighted by Crippen LogP contribution is 2.19. The van der Waals surface area contributed by atoms with Crippen molar-refractivity contribution in [1.82, 2.24) is 10.3 Å². The van der Waals surface area contributed by atoms with Gasteiger partial charge < -0.3 is 19.8 Å². The van der Waals surface area contributed by atoms with E-state index in [1.807, 2.05) is 5.38 Å². The van der Waals surface area contributed by atoms with Crippen molar-refractivity contribution in [2.75, 3.05) is 5.32 Å². The van der Waals surface area contributed by atoms with Crippen molar-refractivity contribution in [3.63, 3.8) is 0 Å². The molecule has 0 unspecified atom stereocenters. The maximum atomic E-state index is 12.7. The molecule has 0 radical (unpaired) electrons. The SMILES string of the molecule is O=C(Nc1ccccc1C(=O)NCc1ccco1)c1ccc(OCc2cscn2)cc1. The van der Waals surface area contributed by atoms with Gasteiger partial charge in [0.25, 0.3) is 11.8 Å². The van der Waals surface area contributed by atoms with Crippen molar-refractivity contribution < 1.29 is 18.7 Å². The van der Waals surface area contributed by atoms with Crippen molar-refractivity contribution in [2.24, 2.45) is 0 Å². The van der Waals surface area contributed by atoms with Crippen molar-refractivity contribution in [3.8, 4) is 5.75 Å². The number of carbonyl (C=O) groups is 2. The number of anilines is 1. The number of thiazole rings is 1. The molecule has 156 valence electrons. The van der Waals surface area contributed by atoms with E-state index in [2.05, 4.69) is 15.6 Å². The third-order valence-corrected chi connectivity index (χ3v) is 5.05. The Morgan fingerprint density at radius 2 is 1.84 bits per heavy atom. The van der Waals surface area contributed by atoms with Gasteiger partial charge in [-0.3, -0.25) is 9.59 Å². The lowest BCUT2D eigenvalue weighted by molar-refractivity contribution is 0.0949. The molecule has 0 aliphatic carbocycles. The summed E-state index contributed by atoms with van der Waals surface area (Å²) in [4.78, 5) is 29.4. The Bertz CT molecular complexity index is 1140. The number of aromatic nitrogens is 1. The quantitative estimate of drug-likeness (QED) is 0.427.